The van der Waals surface area contributed by atoms with Crippen molar-refractivity contribution in [1.29, 1.82) is 0 Å². The minimum atomic E-state index is -0.0397. The van der Waals surface area contributed by atoms with Crippen LogP contribution < -0.4 is 14.8 Å². The second-order valence-corrected chi connectivity index (χ2v) is 8.20. The molecule has 1 unspecified atom stereocenters. The molecule has 4 rings (SSSR count). The molecule has 1 amide bonds. The van der Waals surface area contributed by atoms with Gasteiger partial charge in [0, 0.05) is 42.3 Å². The van der Waals surface area contributed by atoms with Crippen LogP contribution in [-0.4, -0.2) is 54.1 Å². The fraction of sp³-hybridized carbons (Fsp3) is 0.433. The summed E-state index contributed by atoms with van der Waals surface area (Å²) in [7, 11) is 3.36. The molecule has 1 saturated heterocycles. The second-order valence-electron chi connectivity index (χ2n) is 8.20. The molecule has 1 fully saturated rings. The van der Waals surface area contributed by atoms with Crippen molar-refractivity contribution in [2.45, 2.75) is 60.4 Å². The van der Waals surface area contributed by atoms with Crippen LogP contribution in [0, 0.1) is 6.92 Å². The number of carbonyl (C=O) groups excluding carboxylic acids is 1. The number of aromatic nitrogens is 2. The molecule has 0 bridgehead atoms. The predicted octanol–water partition coefficient (Wildman–Crippen LogP) is 6.44. The third-order valence-corrected chi connectivity index (χ3v) is 6.28. The van der Waals surface area contributed by atoms with Gasteiger partial charge in [0.1, 0.15) is 11.5 Å². The lowest BCUT2D eigenvalue weighted by Gasteiger charge is -2.19. The van der Waals surface area contributed by atoms with E-state index >= 15 is 0 Å². The number of benzene rings is 2. The topological polar surface area (TPSA) is 76.6 Å². The number of rotatable bonds is 7. The average molecular weight is 507 g/mol. The number of methoxy groups -OCH3 is 2. The number of likely N-dealkylation sites (tertiary alicyclic amines) is 1. The van der Waals surface area contributed by atoms with Gasteiger partial charge in [-0.15, -0.1) is 0 Å². The molecule has 0 aliphatic carbocycles. The Bertz CT molecular complexity index is 1210. The molecule has 2 heterocycles. The standard InChI is InChI=1S/C26H30N4O3.2C2H6/c1-6-20-23(33-5)13-22(32-4)16(3)25(20)17-8-9-21-18(12-17)14-27-26(29-21)28-19-10-11-30(15-19)24(31)7-2;2*1-2/h7-9,12-14,19H,2,6,10-11,15H2,1,3-5H3,(H,27,28,29);2*1-2H3. The zero-order valence-electron chi connectivity index (χ0n) is 23.6. The summed E-state index contributed by atoms with van der Waals surface area (Å²) in [6.45, 7) is 17.1. The van der Waals surface area contributed by atoms with Crippen LogP contribution in [0.4, 0.5) is 5.95 Å². The highest BCUT2D eigenvalue weighted by Gasteiger charge is 2.25. The van der Waals surface area contributed by atoms with Gasteiger partial charge in [-0.2, -0.15) is 0 Å². The van der Waals surface area contributed by atoms with Crippen LogP contribution in [0.15, 0.2) is 43.1 Å². The zero-order valence-corrected chi connectivity index (χ0v) is 23.6. The van der Waals surface area contributed by atoms with Crippen LogP contribution in [0.5, 0.6) is 11.5 Å². The Morgan fingerprint density at radius 1 is 1.16 bits per heavy atom. The van der Waals surface area contributed by atoms with Gasteiger partial charge < -0.3 is 19.7 Å². The lowest BCUT2D eigenvalue weighted by Crippen LogP contribution is -2.30. The van der Waals surface area contributed by atoms with E-state index in [1.165, 1.54) is 6.08 Å². The monoisotopic (exact) mass is 506 g/mol. The molecule has 1 atom stereocenters. The number of hydrogen-bond acceptors (Lipinski definition) is 6. The molecule has 3 aromatic rings. The largest absolute Gasteiger partial charge is 0.496 e. The quantitative estimate of drug-likeness (QED) is 0.372. The second kappa shape index (κ2) is 14.2. The summed E-state index contributed by atoms with van der Waals surface area (Å²) in [6, 6.07) is 8.29. The van der Waals surface area contributed by atoms with Crippen molar-refractivity contribution in [3.05, 3.63) is 54.2 Å². The summed E-state index contributed by atoms with van der Waals surface area (Å²) in [5.74, 6) is 2.16. The number of amides is 1. The Kier molecular flexibility index (Phi) is 11.4. The van der Waals surface area contributed by atoms with E-state index in [-0.39, 0.29) is 11.9 Å². The SMILES string of the molecule is C=CC(=O)N1CCC(Nc2ncc3cc(-c4c(C)c(OC)cc(OC)c4CC)ccc3n2)C1.CC.CC. The summed E-state index contributed by atoms with van der Waals surface area (Å²) >= 11 is 0. The maximum Gasteiger partial charge on any atom is 0.246 e. The lowest BCUT2D eigenvalue weighted by atomic mass is 9.91. The Morgan fingerprint density at radius 2 is 1.86 bits per heavy atom. The van der Waals surface area contributed by atoms with E-state index in [1.54, 1.807) is 19.1 Å². The molecule has 1 aliphatic rings. The Balaban J connectivity index is 0.00000115. The van der Waals surface area contributed by atoms with E-state index in [2.05, 4.69) is 42.9 Å². The number of hydrogen-bond donors (Lipinski definition) is 1. The van der Waals surface area contributed by atoms with E-state index in [0.29, 0.717) is 19.0 Å². The number of anilines is 1. The molecule has 0 saturated carbocycles. The average Bonchev–Trinajstić information content (AvgIpc) is 3.42. The van der Waals surface area contributed by atoms with Crippen molar-refractivity contribution in [3.63, 3.8) is 0 Å². The van der Waals surface area contributed by atoms with Crippen LogP contribution in [0.2, 0.25) is 0 Å². The summed E-state index contributed by atoms with van der Waals surface area (Å²) in [5, 5.41) is 4.32. The van der Waals surface area contributed by atoms with Crippen LogP contribution >= 0.6 is 0 Å². The normalized spacial score (nSPS) is 14.2. The highest BCUT2D eigenvalue weighted by atomic mass is 16.5. The first-order valence-electron chi connectivity index (χ1n) is 13.2. The van der Waals surface area contributed by atoms with Gasteiger partial charge in [0.25, 0.3) is 0 Å². The lowest BCUT2D eigenvalue weighted by molar-refractivity contribution is -0.125. The maximum absolute atomic E-state index is 11.8. The van der Waals surface area contributed by atoms with Gasteiger partial charge in [0.05, 0.1) is 19.7 Å². The Hall–Kier alpha value is -3.61. The first-order chi connectivity index (χ1) is 18.0. The zero-order chi connectivity index (χ0) is 27.5. The van der Waals surface area contributed by atoms with Crippen molar-refractivity contribution in [3.8, 4) is 22.6 Å². The fourth-order valence-electron chi connectivity index (χ4n) is 4.57. The van der Waals surface area contributed by atoms with Crippen molar-refractivity contribution in [2.24, 2.45) is 0 Å². The Morgan fingerprint density at radius 3 is 2.49 bits per heavy atom. The molecular formula is C30H42N4O3. The molecule has 1 N–H and O–H groups in total. The number of nitrogens with zero attached hydrogens (tertiary/aromatic N) is 3. The van der Waals surface area contributed by atoms with E-state index in [1.807, 2.05) is 46.0 Å². The van der Waals surface area contributed by atoms with Crippen molar-refractivity contribution in [1.82, 2.24) is 14.9 Å². The van der Waals surface area contributed by atoms with Crippen LogP contribution in [0.1, 0.15) is 52.2 Å². The number of fused-ring (bicyclic) bond motifs is 1. The third-order valence-electron chi connectivity index (χ3n) is 6.28. The molecule has 7 nitrogen and oxygen atoms in total. The number of ether oxygens (including phenoxy) is 2. The molecule has 1 aliphatic heterocycles. The van der Waals surface area contributed by atoms with Gasteiger partial charge >= 0.3 is 0 Å². The number of nitrogens with one attached hydrogen (secondary N) is 1. The summed E-state index contributed by atoms with van der Waals surface area (Å²) < 4.78 is 11.3. The molecule has 37 heavy (non-hydrogen) atoms. The molecule has 0 radical (unpaired) electrons. The van der Waals surface area contributed by atoms with E-state index in [0.717, 1.165) is 57.5 Å². The Labute approximate surface area is 221 Å². The van der Waals surface area contributed by atoms with Gasteiger partial charge in [-0.1, -0.05) is 47.3 Å². The van der Waals surface area contributed by atoms with E-state index in [9.17, 15) is 4.79 Å². The van der Waals surface area contributed by atoms with Gasteiger partial charge in [0.2, 0.25) is 11.9 Å². The van der Waals surface area contributed by atoms with Crippen molar-refractivity contribution >= 4 is 22.8 Å². The highest BCUT2D eigenvalue weighted by molar-refractivity contribution is 5.88. The van der Waals surface area contributed by atoms with Crippen molar-refractivity contribution in [2.75, 3.05) is 32.6 Å². The van der Waals surface area contributed by atoms with Gasteiger partial charge in [-0.05, 0) is 54.7 Å². The number of carbonyl (C=O) groups is 1. The first kappa shape index (κ1) is 29.6. The minimum Gasteiger partial charge on any atom is -0.496 e. The van der Waals surface area contributed by atoms with Crippen LogP contribution in [0.25, 0.3) is 22.0 Å². The van der Waals surface area contributed by atoms with Gasteiger partial charge in [-0.3, -0.25) is 4.79 Å². The molecule has 2 aromatic carbocycles. The molecule has 200 valence electrons. The molecule has 1 aromatic heterocycles. The molecule has 0 spiro atoms. The van der Waals surface area contributed by atoms with Crippen LogP contribution in [0.3, 0.4) is 0 Å². The smallest absolute Gasteiger partial charge is 0.246 e. The molecular weight excluding hydrogens is 464 g/mol. The van der Waals surface area contributed by atoms with E-state index < -0.39 is 0 Å². The predicted molar refractivity (Wildman–Crippen MR) is 154 cm³/mol. The maximum atomic E-state index is 11.8. The molecule has 7 heteroatoms. The van der Waals surface area contributed by atoms with Crippen molar-refractivity contribution < 1.29 is 14.3 Å². The van der Waals surface area contributed by atoms with E-state index in [4.69, 9.17) is 14.5 Å². The fourth-order valence-corrected chi connectivity index (χ4v) is 4.57. The first-order valence-corrected chi connectivity index (χ1v) is 13.2. The van der Waals surface area contributed by atoms with Crippen LogP contribution in [-0.2, 0) is 11.2 Å². The highest BCUT2D eigenvalue weighted by Crippen LogP contribution is 2.40. The summed E-state index contributed by atoms with van der Waals surface area (Å²) in [5.41, 5.74) is 5.28. The minimum absolute atomic E-state index is 0.0397. The summed E-state index contributed by atoms with van der Waals surface area (Å²) in [6.07, 6.45) is 4.90. The van der Waals surface area contributed by atoms with Gasteiger partial charge in [0.15, 0.2) is 0 Å². The third kappa shape index (κ3) is 6.59. The van der Waals surface area contributed by atoms with Gasteiger partial charge in [-0.25, -0.2) is 9.97 Å². The summed E-state index contributed by atoms with van der Waals surface area (Å²) in [4.78, 5) is 22.8.